The van der Waals surface area contributed by atoms with Crippen molar-refractivity contribution in [2.75, 3.05) is 10.5 Å². The quantitative estimate of drug-likeness (QED) is 0.896. The Morgan fingerprint density at radius 1 is 1.50 bits per heavy atom. The molecule has 0 unspecified atom stereocenters. The molecule has 0 aliphatic rings. The molecule has 3 N–H and O–H groups in total. The van der Waals surface area contributed by atoms with E-state index in [0.29, 0.717) is 11.4 Å². The van der Waals surface area contributed by atoms with Gasteiger partial charge in [-0.2, -0.15) is 11.3 Å². The number of thiazole rings is 1. The minimum absolute atomic E-state index is 0.163. The molecule has 0 radical (unpaired) electrons. The van der Waals surface area contributed by atoms with Gasteiger partial charge in [0.05, 0.1) is 11.4 Å². The fourth-order valence-corrected chi connectivity index (χ4v) is 4.19. The van der Waals surface area contributed by atoms with Crippen LogP contribution >= 0.6 is 22.7 Å². The van der Waals surface area contributed by atoms with Gasteiger partial charge in [-0.3, -0.25) is 4.72 Å². The van der Waals surface area contributed by atoms with Crippen LogP contribution in [0.2, 0.25) is 0 Å². The second kappa shape index (κ2) is 4.04. The lowest BCUT2D eigenvalue weighted by Crippen LogP contribution is -2.11. The number of nitrogens with one attached hydrogen (secondary N) is 1. The molecule has 16 heavy (non-hydrogen) atoms. The molecule has 5 nitrogen and oxygen atoms in total. The Labute approximate surface area is 101 Å². The lowest BCUT2D eigenvalue weighted by atomic mass is 10.6. The zero-order valence-electron chi connectivity index (χ0n) is 8.30. The van der Waals surface area contributed by atoms with Gasteiger partial charge in [-0.05, 0) is 18.4 Å². The van der Waals surface area contributed by atoms with E-state index in [4.69, 9.17) is 5.73 Å². The van der Waals surface area contributed by atoms with Gasteiger partial charge in [-0.15, -0.1) is 0 Å². The number of hydrogen-bond donors (Lipinski definition) is 2. The molecular weight excluding hydrogens is 266 g/mol. The van der Waals surface area contributed by atoms with Crippen LogP contribution in [0.5, 0.6) is 0 Å². The molecule has 0 aromatic carbocycles. The Bertz CT molecular complexity index is 586. The first-order valence-electron chi connectivity index (χ1n) is 4.27. The normalized spacial score (nSPS) is 11.6. The number of rotatable bonds is 3. The van der Waals surface area contributed by atoms with Gasteiger partial charge in [0, 0.05) is 5.38 Å². The first kappa shape index (κ1) is 11.4. The summed E-state index contributed by atoms with van der Waals surface area (Å²) in [6, 6.07) is 1.70. The summed E-state index contributed by atoms with van der Waals surface area (Å²) in [5, 5.41) is 3.77. The zero-order valence-corrected chi connectivity index (χ0v) is 10.7. The summed E-state index contributed by atoms with van der Waals surface area (Å²) in [5.74, 6) is 0. The van der Waals surface area contributed by atoms with Crippen molar-refractivity contribution < 1.29 is 8.42 Å². The van der Waals surface area contributed by atoms with E-state index >= 15 is 0 Å². The van der Waals surface area contributed by atoms with Crippen molar-refractivity contribution in [3.8, 4) is 0 Å². The van der Waals surface area contributed by atoms with E-state index in [2.05, 4.69) is 9.71 Å². The van der Waals surface area contributed by atoms with Gasteiger partial charge in [-0.1, -0.05) is 11.3 Å². The van der Waals surface area contributed by atoms with Gasteiger partial charge in [0.2, 0.25) is 0 Å². The average Bonchev–Trinajstić information content (AvgIpc) is 2.75. The predicted octanol–water partition coefficient (Wildman–Crippen LogP) is 1.90. The average molecular weight is 275 g/mol. The van der Waals surface area contributed by atoms with Crippen LogP contribution in [0.25, 0.3) is 0 Å². The minimum Gasteiger partial charge on any atom is -0.375 e. The lowest BCUT2D eigenvalue weighted by Gasteiger charge is -2.03. The molecule has 0 atom stereocenters. The summed E-state index contributed by atoms with van der Waals surface area (Å²) in [6.45, 7) is 1.62. The number of anilines is 2. The van der Waals surface area contributed by atoms with Crippen LogP contribution in [0.1, 0.15) is 5.69 Å². The number of nitrogen functional groups attached to an aromatic ring is 1. The minimum atomic E-state index is -3.56. The molecule has 0 fully saturated rings. The number of aryl methyl sites for hydroxylation is 1. The summed E-state index contributed by atoms with van der Waals surface area (Å²) in [7, 11) is -3.56. The fourth-order valence-electron chi connectivity index (χ4n) is 1.18. The molecule has 86 valence electrons. The highest BCUT2D eigenvalue weighted by Crippen LogP contribution is 2.27. The number of thiophene rings is 1. The Hall–Kier alpha value is -1.12. The van der Waals surface area contributed by atoms with Crippen molar-refractivity contribution in [2.24, 2.45) is 0 Å². The van der Waals surface area contributed by atoms with E-state index in [0.717, 1.165) is 11.3 Å². The molecule has 2 heterocycles. The maximum absolute atomic E-state index is 11.9. The lowest BCUT2D eigenvalue weighted by molar-refractivity contribution is 0.602. The van der Waals surface area contributed by atoms with Crippen LogP contribution in [0.4, 0.5) is 10.8 Å². The smallest absolute Gasteiger partial charge is 0.273 e. The number of sulfonamides is 1. The number of nitrogens with two attached hydrogens (primary N) is 1. The van der Waals surface area contributed by atoms with E-state index in [9.17, 15) is 8.42 Å². The highest BCUT2D eigenvalue weighted by atomic mass is 32.2. The third-order valence-electron chi connectivity index (χ3n) is 1.79. The highest BCUT2D eigenvalue weighted by Gasteiger charge is 2.21. The standard InChI is InChI=1S/C8H9N3O2S3/c1-5-7(15-8(9)10-5)16(12,13)11-6-2-3-14-4-6/h2-4,11H,1H3,(H2,9,10). The van der Waals surface area contributed by atoms with Gasteiger partial charge in [0.25, 0.3) is 10.0 Å². The Morgan fingerprint density at radius 2 is 2.25 bits per heavy atom. The second-order valence-electron chi connectivity index (χ2n) is 3.04. The SMILES string of the molecule is Cc1nc(N)sc1S(=O)(=O)Nc1ccsc1. The topological polar surface area (TPSA) is 85.1 Å². The van der Waals surface area contributed by atoms with Crippen molar-refractivity contribution in [3.05, 3.63) is 22.5 Å². The van der Waals surface area contributed by atoms with E-state index in [1.807, 2.05) is 0 Å². The molecule has 0 amide bonds. The molecule has 0 saturated carbocycles. The monoisotopic (exact) mass is 275 g/mol. The van der Waals surface area contributed by atoms with Crippen molar-refractivity contribution in [3.63, 3.8) is 0 Å². The molecular formula is C8H9N3O2S3. The fraction of sp³-hybridized carbons (Fsp3) is 0.125. The third-order valence-corrected chi connectivity index (χ3v) is 5.45. The van der Waals surface area contributed by atoms with Crippen LogP contribution in [0.3, 0.4) is 0 Å². The van der Waals surface area contributed by atoms with Gasteiger partial charge >= 0.3 is 0 Å². The van der Waals surface area contributed by atoms with Crippen molar-refractivity contribution >= 4 is 43.5 Å². The number of nitrogens with zero attached hydrogens (tertiary/aromatic N) is 1. The van der Waals surface area contributed by atoms with E-state index in [1.54, 1.807) is 23.8 Å². The van der Waals surface area contributed by atoms with E-state index < -0.39 is 10.0 Å². The highest BCUT2D eigenvalue weighted by molar-refractivity contribution is 7.94. The maximum atomic E-state index is 11.9. The second-order valence-corrected chi connectivity index (χ2v) is 6.73. The molecule has 0 saturated heterocycles. The first-order valence-corrected chi connectivity index (χ1v) is 7.51. The first-order chi connectivity index (χ1) is 7.49. The number of hydrogen-bond acceptors (Lipinski definition) is 6. The van der Waals surface area contributed by atoms with Gasteiger partial charge in [0.1, 0.15) is 0 Å². The molecule has 2 rings (SSSR count). The van der Waals surface area contributed by atoms with Crippen LogP contribution in [0, 0.1) is 6.92 Å². The summed E-state index contributed by atoms with van der Waals surface area (Å²) in [5.41, 5.74) is 6.44. The van der Waals surface area contributed by atoms with Crippen molar-refractivity contribution in [1.82, 2.24) is 4.98 Å². The van der Waals surface area contributed by atoms with Gasteiger partial charge in [-0.25, -0.2) is 13.4 Å². The zero-order chi connectivity index (χ0) is 11.8. The molecule has 0 bridgehead atoms. The Kier molecular flexibility index (Phi) is 2.87. The van der Waals surface area contributed by atoms with Gasteiger partial charge in [0.15, 0.2) is 9.34 Å². The van der Waals surface area contributed by atoms with Crippen LogP contribution in [-0.2, 0) is 10.0 Å². The molecule has 0 aliphatic heterocycles. The molecule has 0 spiro atoms. The van der Waals surface area contributed by atoms with Gasteiger partial charge < -0.3 is 5.73 Å². The predicted molar refractivity (Wildman–Crippen MR) is 66.4 cm³/mol. The summed E-state index contributed by atoms with van der Waals surface area (Å²) >= 11 is 2.38. The van der Waals surface area contributed by atoms with Crippen molar-refractivity contribution in [1.29, 1.82) is 0 Å². The number of aromatic nitrogens is 1. The molecule has 2 aromatic rings. The maximum Gasteiger partial charge on any atom is 0.273 e. The molecule has 8 heteroatoms. The largest absolute Gasteiger partial charge is 0.375 e. The third kappa shape index (κ3) is 2.18. The Morgan fingerprint density at radius 3 is 2.75 bits per heavy atom. The van der Waals surface area contributed by atoms with Crippen LogP contribution in [0.15, 0.2) is 21.0 Å². The van der Waals surface area contributed by atoms with Crippen LogP contribution < -0.4 is 10.5 Å². The summed E-state index contributed by atoms with van der Waals surface area (Å²) < 4.78 is 26.5. The van der Waals surface area contributed by atoms with Crippen LogP contribution in [-0.4, -0.2) is 13.4 Å². The van der Waals surface area contributed by atoms with E-state index in [-0.39, 0.29) is 9.34 Å². The summed E-state index contributed by atoms with van der Waals surface area (Å²) in [4.78, 5) is 3.89. The molecule has 0 aliphatic carbocycles. The van der Waals surface area contributed by atoms with E-state index in [1.165, 1.54) is 11.3 Å². The van der Waals surface area contributed by atoms with Crippen molar-refractivity contribution in [2.45, 2.75) is 11.1 Å². The summed E-state index contributed by atoms with van der Waals surface area (Å²) in [6.07, 6.45) is 0. The molecule has 2 aromatic heterocycles. The Balaban J connectivity index is 2.36.